The number of hydrogen-bond acceptors (Lipinski definition) is 2. The Morgan fingerprint density at radius 3 is 2.50 bits per heavy atom. The van der Waals surface area contributed by atoms with Gasteiger partial charge in [0.25, 0.3) is 0 Å². The smallest absolute Gasteiger partial charge is 0.0662 e. The Balaban J connectivity index is 1.96. The summed E-state index contributed by atoms with van der Waals surface area (Å²) in [4.78, 5) is 1.28. The maximum atomic E-state index is 9.81. The van der Waals surface area contributed by atoms with Crippen LogP contribution < -0.4 is 0 Å². The Morgan fingerprint density at radius 2 is 1.79 bits per heavy atom. The van der Waals surface area contributed by atoms with Crippen LogP contribution in [0.3, 0.4) is 0 Å². The minimum Gasteiger partial charge on any atom is -0.392 e. The summed E-state index contributed by atoms with van der Waals surface area (Å²) >= 11 is 1.82. The third-order valence-corrected chi connectivity index (χ3v) is 4.10. The average molecular weight is 208 g/mol. The second-order valence-corrected chi connectivity index (χ2v) is 5.13. The van der Waals surface area contributed by atoms with Crippen LogP contribution in [0.25, 0.3) is 0 Å². The second kappa shape index (κ2) is 4.85. The Kier molecular flexibility index (Phi) is 3.49. The lowest BCUT2D eigenvalue weighted by Gasteiger charge is -2.26. The fourth-order valence-electron chi connectivity index (χ4n) is 1.89. The number of rotatable bonds is 2. The molecule has 2 heteroatoms. The first kappa shape index (κ1) is 10.1. The van der Waals surface area contributed by atoms with E-state index < -0.39 is 0 Å². The zero-order valence-electron chi connectivity index (χ0n) is 8.23. The molecule has 0 amide bonds. The molecule has 1 aliphatic carbocycles. The normalized spacial score (nSPS) is 27.5. The van der Waals surface area contributed by atoms with Crippen molar-refractivity contribution in [3.63, 3.8) is 0 Å². The van der Waals surface area contributed by atoms with Gasteiger partial charge in [0.2, 0.25) is 0 Å². The molecule has 76 valence electrons. The van der Waals surface area contributed by atoms with E-state index in [1.54, 1.807) is 0 Å². The summed E-state index contributed by atoms with van der Waals surface area (Å²) in [7, 11) is 0. The highest BCUT2D eigenvalue weighted by Gasteiger charge is 2.23. The van der Waals surface area contributed by atoms with Gasteiger partial charge in [0.05, 0.1) is 6.10 Å². The molecule has 1 fully saturated rings. The molecule has 0 aromatic heterocycles. The van der Waals surface area contributed by atoms with Gasteiger partial charge in [-0.15, -0.1) is 11.8 Å². The number of aliphatic hydroxyl groups is 1. The highest BCUT2D eigenvalue weighted by atomic mass is 32.2. The van der Waals surface area contributed by atoms with Crippen molar-refractivity contribution in [1.29, 1.82) is 0 Å². The van der Waals surface area contributed by atoms with E-state index >= 15 is 0 Å². The average Bonchev–Trinajstić information content (AvgIpc) is 2.23. The molecule has 14 heavy (non-hydrogen) atoms. The minimum absolute atomic E-state index is 0.103. The maximum Gasteiger partial charge on any atom is 0.0662 e. The highest BCUT2D eigenvalue weighted by Crippen LogP contribution is 2.33. The maximum absolute atomic E-state index is 9.81. The quantitative estimate of drug-likeness (QED) is 0.806. The highest BCUT2D eigenvalue weighted by molar-refractivity contribution is 8.00. The molecule has 2 atom stereocenters. The third-order valence-electron chi connectivity index (χ3n) is 2.70. The first-order valence-electron chi connectivity index (χ1n) is 5.26. The molecule has 1 saturated carbocycles. The molecular weight excluding hydrogens is 192 g/mol. The zero-order chi connectivity index (χ0) is 9.80. The van der Waals surface area contributed by atoms with Crippen LogP contribution in [0, 0.1) is 0 Å². The predicted octanol–water partition coefficient (Wildman–Crippen LogP) is 3.08. The van der Waals surface area contributed by atoms with Gasteiger partial charge in [0.15, 0.2) is 0 Å². The summed E-state index contributed by atoms with van der Waals surface area (Å²) in [6, 6.07) is 10.4. The number of benzene rings is 1. The lowest BCUT2D eigenvalue weighted by molar-refractivity contribution is 0.137. The van der Waals surface area contributed by atoms with Crippen LogP contribution in [-0.4, -0.2) is 16.5 Å². The van der Waals surface area contributed by atoms with Gasteiger partial charge in [0.1, 0.15) is 0 Å². The van der Waals surface area contributed by atoms with E-state index in [9.17, 15) is 5.11 Å². The molecule has 1 aromatic carbocycles. The third kappa shape index (κ3) is 2.52. The predicted molar refractivity (Wildman–Crippen MR) is 60.6 cm³/mol. The fraction of sp³-hybridized carbons (Fsp3) is 0.500. The second-order valence-electron chi connectivity index (χ2n) is 3.82. The van der Waals surface area contributed by atoms with Crippen molar-refractivity contribution >= 4 is 11.8 Å². The van der Waals surface area contributed by atoms with E-state index in [1.165, 1.54) is 17.7 Å². The summed E-state index contributed by atoms with van der Waals surface area (Å²) in [6.45, 7) is 0. The summed E-state index contributed by atoms with van der Waals surface area (Å²) < 4.78 is 0. The van der Waals surface area contributed by atoms with Crippen molar-refractivity contribution in [2.75, 3.05) is 0 Å². The van der Waals surface area contributed by atoms with Gasteiger partial charge in [0, 0.05) is 10.1 Å². The zero-order valence-corrected chi connectivity index (χ0v) is 9.04. The van der Waals surface area contributed by atoms with Gasteiger partial charge in [-0.2, -0.15) is 0 Å². The molecule has 0 unspecified atom stereocenters. The lowest BCUT2D eigenvalue weighted by Crippen LogP contribution is -2.26. The molecule has 1 aliphatic rings. The molecule has 0 spiro atoms. The first-order valence-corrected chi connectivity index (χ1v) is 6.14. The summed E-state index contributed by atoms with van der Waals surface area (Å²) in [5, 5.41) is 10.2. The molecule has 2 rings (SSSR count). The van der Waals surface area contributed by atoms with Gasteiger partial charge in [-0.1, -0.05) is 31.0 Å². The Hall–Kier alpha value is -0.470. The molecule has 0 radical (unpaired) electrons. The van der Waals surface area contributed by atoms with Gasteiger partial charge >= 0.3 is 0 Å². The molecule has 1 N–H and O–H groups in total. The van der Waals surface area contributed by atoms with Crippen molar-refractivity contribution in [2.45, 2.75) is 41.9 Å². The molecule has 1 nitrogen and oxygen atoms in total. The van der Waals surface area contributed by atoms with Gasteiger partial charge < -0.3 is 5.11 Å². The monoisotopic (exact) mass is 208 g/mol. The van der Waals surface area contributed by atoms with Crippen molar-refractivity contribution in [1.82, 2.24) is 0 Å². The van der Waals surface area contributed by atoms with Gasteiger partial charge in [-0.05, 0) is 25.0 Å². The van der Waals surface area contributed by atoms with E-state index in [2.05, 4.69) is 24.3 Å². The standard InChI is InChI=1S/C12H16OS/c13-11-8-4-5-9-12(11)14-10-6-2-1-3-7-10/h1-3,6-7,11-13H,4-5,8-9H2/t11-,12+/m0/s1. The molecule has 0 heterocycles. The molecule has 0 saturated heterocycles. The summed E-state index contributed by atoms with van der Waals surface area (Å²) in [5.41, 5.74) is 0. The molecular formula is C12H16OS. The van der Waals surface area contributed by atoms with Gasteiger partial charge in [-0.3, -0.25) is 0 Å². The van der Waals surface area contributed by atoms with Crippen molar-refractivity contribution < 1.29 is 5.11 Å². The van der Waals surface area contributed by atoms with E-state index in [4.69, 9.17) is 0 Å². The minimum atomic E-state index is -0.103. The summed E-state index contributed by atoms with van der Waals surface area (Å²) in [5.74, 6) is 0. The van der Waals surface area contributed by atoms with E-state index in [-0.39, 0.29) is 6.10 Å². The topological polar surface area (TPSA) is 20.2 Å². The largest absolute Gasteiger partial charge is 0.392 e. The van der Waals surface area contributed by atoms with Crippen molar-refractivity contribution in [3.05, 3.63) is 30.3 Å². The van der Waals surface area contributed by atoms with E-state index in [0.29, 0.717) is 5.25 Å². The van der Waals surface area contributed by atoms with E-state index in [0.717, 1.165) is 12.8 Å². The van der Waals surface area contributed by atoms with Crippen LogP contribution in [0.5, 0.6) is 0 Å². The Morgan fingerprint density at radius 1 is 1.07 bits per heavy atom. The fourth-order valence-corrected chi connectivity index (χ4v) is 3.13. The SMILES string of the molecule is O[C@H]1CCCC[C@H]1Sc1ccccc1. The van der Waals surface area contributed by atoms with Crippen LogP contribution in [0.15, 0.2) is 35.2 Å². The van der Waals surface area contributed by atoms with Gasteiger partial charge in [-0.25, -0.2) is 0 Å². The number of aliphatic hydroxyl groups excluding tert-OH is 1. The van der Waals surface area contributed by atoms with Crippen molar-refractivity contribution in [2.24, 2.45) is 0 Å². The Labute approximate surface area is 89.5 Å². The lowest BCUT2D eigenvalue weighted by atomic mass is 9.97. The molecule has 0 bridgehead atoms. The molecule has 1 aromatic rings. The Bertz CT molecular complexity index is 273. The van der Waals surface area contributed by atoms with Crippen LogP contribution in [0.4, 0.5) is 0 Å². The number of thioether (sulfide) groups is 1. The summed E-state index contributed by atoms with van der Waals surface area (Å²) in [6.07, 6.45) is 4.48. The van der Waals surface area contributed by atoms with Crippen molar-refractivity contribution in [3.8, 4) is 0 Å². The number of hydrogen-bond donors (Lipinski definition) is 1. The van der Waals surface area contributed by atoms with Crippen LogP contribution >= 0.6 is 11.8 Å². The van der Waals surface area contributed by atoms with E-state index in [1.807, 2.05) is 17.8 Å². The first-order chi connectivity index (χ1) is 6.86. The van der Waals surface area contributed by atoms with Crippen LogP contribution in [-0.2, 0) is 0 Å². The molecule has 0 aliphatic heterocycles. The van der Waals surface area contributed by atoms with Crippen LogP contribution in [0.2, 0.25) is 0 Å². The van der Waals surface area contributed by atoms with Crippen LogP contribution in [0.1, 0.15) is 25.7 Å².